The van der Waals surface area contributed by atoms with Crippen LogP contribution < -0.4 is 37.4 Å². The molecular formula is C33H31F5N6OPS2+. The highest BCUT2D eigenvalue weighted by molar-refractivity contribution is 7.95. The summed E-state index contributed by atoms with van der Waals surface area (Å²) in [5, 5.41) is 16.5. The van der Waals surface area contributed by atoms with Crippen LogP contribution in [0.25, 0.3) is 0 Å². The molecule has 0 radical (unpaired) electrons. The van der Waals surface area contributed by atoms with Crippen LogP contribution in [0.15, 0.2) is 101 Å². The van der Waals surface area contributed by atoms with E-state index in [4.69, 9.17) is 29.2 Å². The summed E-state index contributed by atoms with van der Waals surface area (Å²) < 4.78 is 77.3. The zero-order valence-corrected chi connectivity index (χ0v) is 28.3. The van der Waals surface area contributed by atoms with Gasteiger partial charge >= 0.3 is 0 Å². The summed E-state index contributed by atoms with van der Waals surface area (Å²) in [6, 6.07) is 30.7. The average Bonchev–Trinajstić information content (AvgIpc) is 3.12. The van der Waals surface area contributed by atoms with Gasteiger partial charge in [-0.25, -0.2) is 22.0 Å². The summed E-state index contributed by atoms with van der Waals surface area (Å²) in [4.78, 5) is 0. The lowest BCUT2D eigenvalue weighted by molar-refractivity contribution is 0.185. The maximum Gasteiger partial charge on any atom is 0.200 e. The fourth-order valence-electron chi connectivity index (χ4n) is 4.68. The SMILES string of the molecule is CNC(=S)NN=C(C(C)=NNC(=S)NCCOC[P+](c1ccccc1)(c1ccccc1)c1ccccc1)c1c(F)c(F)c(F)c(F)c1F. The van der Waals surface area contributed by atoms with Crippen molar-refractivity contribution in [1.29, 1.82) is 0 Å². The molecular weight excluding hydrogens is 687 g/mol. The van der Waals surface area contributed by atoms with E-state index in [0.29, 0.717) is 6.35 Å². The number of hydrazone groups is 2. The topological polar surface area (TPSA) is 82.1 Å². The van der Waals surface area contributed by atoms with Gasteiger partial charge in [-0.15, -0.1) is 0 Å². The summed E-state index contributed by atoms with van der Waals surface area (Å²) >= 11 is 10.2. The van der Waals surface area contributed by atoms with Crippen molar-refractivity contribution in [2.24, 2.45) is 10.2 Å². The van der Waals surface area contributed by atoms with Gasteiger partial charge in [0.1, 0.15) is 28.9 Å². The first-order valence-electron chi connectivity index (χ1n) is 14.4. The van der Waals surface area contributed by atoms with Gasteiger partial charge < -0.3 is 15.4 Å². The molecule has 0 aliphatic carbocycles. The zero-order chi connectivity index (χ0) is 34.7. The number of ether oxygens (including phenoxy) is 1. The molecule has 4 rings (SSSR count). The van der Waals surface area contributed by atoms with E-state index in [1.165, 1.54) is 14.0 Å². The summed E-state index contributed by atoms with van der Waals surface area (Å²) in [6.45, 7) is 1.75. The Morgan fingerprint density at radius 3 is 1.56 bits per heavy atom. The Balaban J connectivity index is 1.47. The fraction of sp³-hybridized carbons (Fsp3) is 0.152. The Bertz CT molecular complexity index is 1680. The van der Waals surface area contributed by atoms with Crippen LogP contribution in [0.1, 0.15) is 12.5 Å². The third-order valence-corrected chi connectivity index (χ3v) is 11.7. The van der Waals surface area contributed by atoms with Gasteiger partial charge in [-0.05, 0) is 67.8 Å². The first-order chi connectivity index (χ1) is 23.1. The van der Waals surface area contributed by atoms with E-state index in [1.54, 1.807) is 0 Å². The molecule has 15 heteroatoms. The predicted octanol–water partition coefficient (Wildman–Crippen LogP) is 4.99. The minimum atomic E-state index is -2.30. The predicted molar refractivity (Wildman–Crippen MR) is 190 cm³/mol. The monoisotopic (exact) mass is 717 g/mol. The first kappa shape index (κ1) is 36.5. The quantitative estimate of drug-likeness (QED) is 0.0241. The molecule has 0 saturated carbocycles. The zero-order valence-electron chi connectivity index (χ0n) is 25.7. The second kappa shape index (κ2) is 17.2. The lowest BCUT2D eigenvalue weighted by Crippen LogP contribution is -2.37. The molecule has 4 aromatic carbocycles. The normalized spacial score (nSPS) is 12.0. The Morgan fingerprint density at radius 1 is 0.667 bits per heavy atom. The number of nitrogens with one attached hydrogen (secondary N) is 4. The second-order valence-corrected chi connectivity index (χ2v) is 14.3. The fourth-order valence-corrected chi connectivity index (χ4v) is 8.66. The van der Waals surface area contributed by atoms with Crippen molar-refractivity contribution in [3.8, 4) is 0 Å². The van der Waals surface area contributed by atoms with Gasteiger partial charge in [-0.1, -0.05) is 54.6 Å². The Kier molecular flexibility index (Phi) is 13.0. The molecule has 0 atom stereocenters. The number of rotatable bonds is 12. The summed E-state index contributed by atoms with van der Waals surface area (Å²) in [5.41, 5.74) is 2.49. The van der Waals surface area contributed by atoms with Gasteiger partial charge in [0, 0.05) is 13.6 Å². The van der Waals surface area contributed by atoms with Crippen LogP contribution in [0.3, 0.4) is 0 Å². The molecule has 0 aliphatic rings. The van der Waals surface area contributed by atoms with Gasteiger partial charge in [0.25, 0.3) is 0 Å². The third-order valence-electron chi connectivity index (χ3n) is 7.02. The molecule has 0 amide bonds. The van der Waals surface area contributed by atoms with Gasteiger partial charge in [0.2, 0.25) is 5.82 Å². The lowest BCUT2D eigenvalue weighted by atomic mass is 10.0. The average molecular weight is 718 g/mol. The number of hydrogen-bond donors (Lipinski definition) is 4. The molecule has 0 aliphatic heterocycles. The standard InChI is InChI=1S/C33H30F5N6OPS2/c1-21(31(42-43-32(47)39-2)25-26(34)28(36)30(38)29(37)27(25)35)41-44-33(48)40-18-19-45-20-46(22-12-6-3-7-13-22,23-14-8-4-9-15-23)24-16-10-5-11-17-24/h3-17H,18-20H2,1-2H3,(H3-,39,40,41,42,43,44,47,48)/p+1. The third kappa shape index (κ3) is 8.37. The molecule has 0 spiro atoms. The maximum atomic E-state index is 14.7. The molecule has 250 valence electrons. The number of benzene rings is 4. The van der Waals surface area contributed by atoms with Crippen molar-refractivity contribution in [3.63, 3.8) is 0 Å². The van der Waals surface area contributed by atoms with Crippen molar-refractivity contribution in [3.05, 3.63) is 126 Å². The molecule has 4 aromatic rings. The molecule has 0 fully saturated rings. The molecule has 0 aromatic heterocycles. The van der Waals surface area contributed by atoms with E-state index >= 15 is 0 Å². The summed E-state index contributed by atoms with van der Waals surface area (Å²) in [6.07, 6.45) is 0.410. The highest BCUT2D eigenvalue weighted by Crippen LogP contribution is 2.55. The molecule has 7 nitrogen and oxygen atoms in total. The molecule has 0 saturated heterocycles. The van der Waals surface area contributed by atoms with Crippen LogP contribution in [0.5, 0.6) is 0 Å². The lowest BCUT2D eigenvalue weighted by Gasteiger charge is -2.27. The molecule has 4 N–H and O–H groups in total. The van der Waals surface area contributed by atoms with Crippen molar-refractivity contribution < 1.29 is 26.7 Å². The Hall–Kier alpha value is -4.36. The van der Waals surface area contributed by atoms with E-state index < -0.39 is 47.6 Å². The van der Waals surface area contributed by atoms with Crippen molar-refractivity contribution in [1.82, 2.24) is 21.5 Å². The van der Waals surface area contributed by atoms with Crippen molar-refractivity contribution in [2.75, 3.05) is 26.5 Å². The smallest absolute Gasteiger partial charge is 0.200 e. The van der Waals surface area contributed by atoms with E-state index in [1.807, 2.05) is 54.6 Å². The van der Waals surface area contributed by atoms with Crippen LogP contribution in [0.2, 0.25) is 0 Å². The van der Waals surface area contributed by atoms with Crippen LogP contribution in [0.4, 0.5) is 22.0 Å². The van der Waals surface area contributed by atoms with Crippen molar-refractivity contribution >= 4 is 69.3 Å². The second-order valence-electron chi connectivity index (χ2n) is 10.0. The highest BCUT2D eigenvalue weighted by Gasteiger charge is 2.45. The van der Waals surface area contributed by atoms with Crippen molar-refractivity contribution in [2.45, 2.75) is 6.92 Å². The summed E-state index contributed by atoms with van der Waals surface area (Å²) in [7, 11) is -0.773. The van der Waals surface area contributed by atoms with Gasteiger partial charge in [-0.2, -0.15) is 10.2 Å². The Morgan fingerprint density at radius 2 is 1.10 bits per heavy atom. The van der Waals surface area contributed by atoms with Crippen LogP contribution in [-0.4, -0.2) is 48.2 Å². The maximum absolute atomic E-state index is 14.7. The molecule has 0 unspecified atom stereocenters. The largest absolute Gasteiger partial charge is 0.364 e. The van der Waals surface area contributed by atoms with Gasteiger partial charge in [0.15, 0.2) is 39.8 Å². The van der Waals surface area contributed by atoms with Gasteiger partial charge in [-0.3, -0.25) is 10.9 Å². The molecule has 48 heavy (non-hydrogen) atoms. The highest BCUT2D eigenvalue weighted by atomic mass is 32.1. The Labute approximate surface area is 286 Å². The van der Waals surface area contributed by atoms with E-state index in [-0.39, 0.29) is 29.1 Å². The number of hydrogen-bond acceptors (Lipinski definition) is 5. The van der Waals surface area contributed by atoms with E-state index in [9.17, 15) is 22.0 Å². The van der Waals surface area contributed by atoms with E-state index in [2.05, 4.69) is 68.1 Å². The van der Waals surface area contributed by atoms with E-state index in [0.717, 1.165) is 15.9 Å². The van der Waals surface area contributed by atoms with Crippen LogP contribution in [0, 0.1) is 29.1 Å². The summed E-state index contributed by atoms with van der Waals surface area (Å²) in [5.74, 6) is -10.7. The number of halogens is 5. The number of thiocarbonyl (C=S) groups is 2. The van der Waals surface area contributed by atoms with Gasteiger partial charge in [0.05, 0.1) is 17.9 Å². The van der Waals surface area contributed by atoms with Crippen LogP contribution in [-0.2, 0) is 4.74 Å². The molecule has 0 bridgehead atoms. The minimum absolute atomic E-state index is 0.00338. The molecule has 0 heterocycles. The minimum Gasteiger partial charge on any atom is -0.364 e. The van der Waals surface area contributed by atoms with Crippen LogP contribution >= 0.6 is 31.7 Å². The number of nitrogens with zero attached hydrogens (tertiary/aromatic N) is 2. The first-order valence-corrected chi connectivity index (χ1v) is 17.2.